The summed E-state index contributed by atoms with van der Waals surface area (Å²) in [5.41, 5.74) is 0.795. The van der Waals surface area contributed by atoms with E-state index in [1.165, 1.54) is 4.90 Å². The Hall–Kier alpha value is -1.85. The second kappa shape index (κ2) is 5.42. The van der Waals surface area contributed by atoms with E-state index in [1.54, 1.807) is 6.07 Å². The van der Waals surface area contributed by atoms with E-state index in [0.29, 0.717) is 12.5 Å². The number of aliphatic carboxylic acids is 1. The molecule has 0 atom stereocenters. The van der Waals surface area contributed by atoms with E-state index >= 15 is 0 Å². The Balaban J connectivity index is 2.09. The highest BCUT2D eigenvalue weighted by Gasteiger charge is 2.30. The fourth-order valence-corrected chi connectivity index (χ4v) is 1.94. The highest BCUT2D eigenvalue weighted by atomic mass is 16.5. The van der Waals surface area contributed by atoms with Gasteiger partial charge in [-0.2, -0.15) is 0 Å². The van der Waals surface area contributed by atoms with Gasteiger partial charge in [-0.1, -0.05) is 19.0 Å². The Kier molecular flexibility index (Phi) is 3.87. The average molecular weight is 266 g/mol. The molecule has 0 radical (unpaired) electrons. The Morgan fingerprint density at radius 2 is 2.21 bits per heavy atom. The van der Waals surface area contributed by atoms with E-state index in [-0.39, 0.29) is 18.2 Å². The summed E-state index contributed by atoms with van der Waals surface area (Å²) in [5, 5.41) is 12.7. The van der Waals surface area contributed by atoms with Gasteiger partial charge in [0.2, 0.25) is 5.76 Å². The van der Waals surface area contributed by atoms with Gasteiger partial charge in [0.25, 0.3) is 5.91 Å². The van der Waals surface area contributed by atoms with Gasteiger partial charge >= 0.3 is 5.97 Å². The molecular weight excluding hydrogens is 248 g/mol. The lowest BCUT2D eigenvalue weighted by Crippen LogP contribution is -2.38. The van der Waals surface area contributed by atoms with Crippen LogP contribution in [0.3, 0.4) is 0 Å². The molecule has 2 rings (SSSR count). The van der Waals surface area contributed by atoms with Gasteiger partial charge in [0.05, 0.1) is 5.69 Å². The molecule has 6 nitrogen and oxygen atoms in total. The first-order valence-corrected chi connectivity index (χ1v) is 6.45. The van der Waals surface area contributed by atoms with Crippen molar-refractivity contribution in [2.45, 2.75) is 32.6 Å². The van der Waals surface area contributed by atoms with Crippen molar-refractivity contribution < 1.29 is 19.2 Å². The molecule has 0 spiro atoms. The minimum absolute atomic E-state index is 0.129. The van der Waals surface area contributed by atoms with Crippen molar-refractivity contribution in [3.63, 3.8) is 0 Å². The van der Waals surface area contributed by atoms with Gasteiger partial charge in [0, 0.05) is 18.5 Å². The van der Waals surface area contributed by atoms with E-state index in [2.05, 4.69) is 5.16 Å². The summed E-state index contributed by atoms with van der Waals surface area (Å²) in [6.45, 7) is 3.91. The maximum Gasteiger partial charge on any atom is 0.323 e. The van der Waals surface area contributed by atoms with Crippen LogP contribution in [0.2, 0.25) is 0 Å². The number of hydrogen-bond acceptors (Lipinski definition) is 4. The molecule has 1 aliphatic carbocycles. The predicted octanol–water partition coefficient (Wildman–Crippen LogP) is 1.73. The molecular formula is C13H18N2O4. The lowest BCUT2D eigenvalue weighted by molar-refractivity contribution is -0.137. The molecule has 1 aliphatic rings. The van der Waals surface area contributed by atoms with Crippen LogP contribution in [0.25, 0.3) is 0 Å². The van der Waals surface area contributed by atoms with Crippen molar-refractivity contribution in [2.24, 2.45) is 5.92 Å². The van der Waals surface area contributed by atoms with Crippen LogP contribution < -0.4 is 0 Å². The molecule has 1 heterocycles. The quantitative estimate of drug-likeness (QED) is 0.847. The van der Waals surface area contributed by atoms with Gasteiger partial charge in [-0.15, -0.1) is 0 Å². The van der Waals surface area contributed by atoms with Gasteiger partial charge in [0.1, 0.15) is 6.54 Å². The fourth-order valence-electron chi connectivity index (χ4n) is 1.94. The smallest absolute Gasteiger partial charge is 0.323 e. The fraction of sp³-hybridized carbons (Fsp3) is 0.615. The predicted molar refractivity (Wildman–Crippen MR) is 66.9 cm³/mol. The van der Waals surface area contributed by atoms with Crippen LogP contribution in [0.1, 0.15) is 48.9 Å². The molecule has 0 bridgehead atoms. The van der Waals surface area contributed by atoms with Crippen molar-refractivity contribution in [2.75, 3.05) is 13.1 Å². The zero-order valence-electron chi connectivity index (χ0n) is 11.1. The first kappa shape index (κ1) is 13.6. The van der Waals surface area contributed by atoms with Crippen LogP contribution in [0.5, 0.6) is 0 Å². The molecule has 1 amide bonds. The van der Waals surface area contributed by atoms with Gasteiger partial charge in [-0.25, -0.2) is 0 Å². The molecule has 104 valence electrons. The zero-order valence-corrected chi connectivity index (χ0v) is 11.1. The number of amides is 1. The highest BCUT2D eigenvalue weighted by Crippen LogP contribution is 2.39. The molecule has 1 saturated carbocycles. The first-order valence-electron chi connectivity index (χ1n) is 6.45. The Morgan fingerprint density at radius 3 is 2.74 bits per heavy atom. The highest BCUT2D eigenvalue weighted by molar-refractivity contribution is 5.93. The third-order valence-corrected chi connectivity index (χ3v) is 2.93. The third kappa shape index (κ3) is 3.56. The summed E-state index contributed by atoms with van der Waals surface area (Å²) in [7, 11) is 0. The first-order chi connectivity index (χ1) is 8.97. The van der Waals surface area contributed by atoms with E-state index in [0.717, 1.165) is 18.5 Å². The maximum atomic E-state index is 12.2. The number of aromatic nitrogens is 1. The van der Waals surface area contributed by atoms with Crippen molar-refractivity contribution >= 4 is 11.9 Å². The summed E-state index contributed by atoms with van der Waals surface area (Å²) in [6.07, 6.45) is 2.15. The third-order valence-electron chi connectivity index (χ3n) is 2.93. The van der Waals surface area contributed by atoms with Crippen molar-refractivity contribution in [1.82, 2.24) is 10.1 Å². The molecule has 0 aliphatic heterocycles. The van der Waals surface area contributed by atoms with Crippen LogP contribution >= 0.6 is 0 Å². The van der Waals surface area contributed by atoms with Gasteiger partial charge in [-0.3, -0.25) is 9.59 Å². The molecule has 19 heavy (non-hydrogen) atoms. The maximum absolute atomic E-state index is 12.2. The second-order valence-electron chi connectivity index (χ2n) is 5.36. The van der Waals surface area contributed by atoms with Crippen molar-refractivity contribution in [1.29, 1.82) is 0 Å². The normalized spacial score (nSPS) is 14.7. The van der Waals surface area contributed by atoms with Crippen LogP contribution in [0, 0.1) is 5.92 Å². The van der Waals surface area contributed by atoms with Gasteiger partial charge in [0.15, 0.2) is 0 Å². The number of carbonyl (C=O) groups excluding carboxylic acids is 1. The molecule has 0 unspecified atom stereocenters. The topological polar surface area (TPSA) is 83.6 Å². The SMILES string of the molecule is CC(C)CN(CC(=O)O)C(=O)c1cc(C2CC2)no1. The lowest BCUT2D eigenvalue weighted by atomic mass is 10.2. The molecule has 1 fully saturated rings. The largest absolute Gasteiger partial charge is 0.480 e. The van der Waals surface area contributed by atoms with E-state index < -0.39 is 11.9 Å². The zero-order chi connectivity index (χ0) is 14.0. The van der Waals surface area contributed by atoms with Crippen LogP contribution in [0.4, 0.5) is 0 Å². The monoisotopic (exact) mass is 266 g/mol. The molecule has 1 aromatic heterocycles. The molecule has 0 saturated heterocycles. The van der Waals surface area contributed by atoms with Crippen molar-refractivity contribution in [3.8, 4) is 0 Å². The summed E-state index contributed by atoms with van der Waals surface area (Å²) in [6, 6.07) is 1.63. The Morgan fingerprint density at radius 1 is 1.53 bits per heavy atom. The number of carboxylic acids is 1. The summed E-state index contributed by atoms with van der Waals surface area (Å²) < 4.78 is 5.04. The van der Waals surface area contributed by atoms with E-state index in [9.17, 15) is 9.59 Å². The number of carbonyl (C=O) groups is 2. The summed E-state index contributed by atoms with van der Waals surface area (Å²) in [4.78, 5) is 24.3. The van der Waals surface area contributed by atoms with Crippen LogP contribution in [0.15, 0.2) is 10.6 Å². The van der Waals surface area contributed by atoms with Gasteiger partial charge in [-0.05, 0) is 18.8 Å². The minimum atomic E-state index is -1.03. The lowest BCUT2D eigenvalue weighted by Gasteiger charge is -2.21. The number of hydrogen-bond donors (Lipinski definition) is 1. The average Bonchev–Trinajstić information content (AvgIpc) is 3.04. The summed E-state index contributed by atoms with van der Waals surface area (Å²) >= 11 is 0. The molecule has 1 aromatic rings. The van der Waals surface area contributed by atoms with E-state index in [1.807, 2.05) is 13.8 Å². The molecule has 1 N–H and O–H groups in total. The number of rotatable bonds is 6. The van der Waals surface area contributed by atoms with Crippen molar-refractivity contribution in [3.05, 3.63) is 17.5 Å². The van der Waals surface area contributed by atoms with Crippen LogP contribution in [-0.2, 0) is 4.79 Å². The van der Waals surface area contributed by atoms with Gasteiger partial charge < -0.3 is 14.5 Å². The molecule has 6 heteroatoms. The minimum Gasteiger partial charge on any atom is -0.480 e. The Bertz CT molecular complexity index is 477. The standard InChI is InChI=1S/C13H18N2O4/c1-8(2)6-15(7-12(16)17)13(18)11-5-10(14-19-11)9-3-4-9/h5,8-9H,3-4,6-7H2,1-2H3,(H,16,17). The van der Waals surface area contributed by atoms with E-state index in [4.69, 9.17) is 9.63 Å². The second-order valence-corrected chi connectivity index (χ2v) is 5.36. The van der Waals surface area contributed by atoms with Crippen LogP contribution in [-0.4, -0.2) is 40.1 Å². The molecule has 0 aromatic carbocycles. The number of carboxylic acid groups (broad SMARTS) is 1. The summed E-state index contributed by atoms with van der Waals surface area (Å²) in [5.74, 6) is -0.715. The Labute approximate surface area is 111 Å². The number of nitrogens with zero attached hydrogens (tertiary/aromatic N) is 2.